The molecular weight excluding hydrogens is 268 g/mol. The summed E-state index contributed by atoms with van der Waals surface area (Å²) in [6, 6.07) is 6.16. The second kappa shape index (κ2) is 4.85. The van der Waals surface area contributed by atoms with E-state index in [4.69, 9.17) is 11.6 Å². The number of halogens is 1. The molecule has 2 aromatic rings. The van der Waals surface area contributed by atoms with Gasteiger partial charge in [0.1, 0.15) is 5.69 Å². The van der Waals surface area contributed by atoms with Gasteiger partial charge in [-0.05, 0) is 32.0 Å². The van der Waals surface area contributed by atoms with E-state index in [2.05, 4.69) is 0 Å². The number of aryl methyl sites for hydroxylation is 1. The van der Waals surface area contributed by atoms with Crippen LogP contribution >= 0.6 is 11.6 Å². The van der Waals surface area contributed by atoms with Gasteiger partial charge in [-0.3, -0.25) is 14.9 Å². The Morgan fingerprint density at radius 3 is 2.53 bits per heavy atom. The molecule has 0 saturated carbocycles. The van der Waals surface area contributed by atoms with E-state index < -0.39 is 4.92 Å². The van der Waals surface area contributed by atoms with E-state index in [0.29, 0.717) is 22.0 Å². The number of aldehydes is 1. The molecule has 0 radical (unpaired) electrons. The van der Waals surface area contributed by atoms with Gasteiger partial charge in [-0.1, -0.05) is 11.6 Å². The number of rotatable bonds is 3. The predicted molar refractivity (Wildman–Crippen MR) is 72.3 cm³/mol. The van der Waals surface area contributed by atoms with E-state index in [9.17, 15) is 14.9 Å². The van der Waals surface area contributed by atoms with Gasteiger partial charge in [-0.2, -0.15) is 0 Å². The summed E-state index contributed by atoms with van der Waals surface area (Å²) in [6.45, 7) is 3.54. The van der Waals surface area contributed by atoms with Gasteiger partial charge in [0.05, 0.1) is 4.92 Å². The highest BCUT2D eigenvalue weighted by atomic mass is 35.5. The van der Waals surface area contributed by atoms with Gasteiger partial charge in [-0.15, -0.1) is 0 Å². The molecule has 0 spiro atoms. The Kier molecular flexibility index (Phi) is 3.40. The van der Waals surface area contributed by atoms with Crippen molar-refractivity contribution in [1.29, 1.82) is 0 Å². The van der Waals surface area contributed by atoms with Crippen LogP contribution in [0.4, 0.5) is 5.69 Å². The zero-order valence-corrected chi connectivity index (χ0v) is 11.1. The third-order valence-corrected chi connectivity index (χ3v) is 3.21. The molecule has 0 amide bonds. The minimum atomic E-state index is -0.485. The average molecular weight is 279 g/mol. The maximum atomic E-state index is 11.1. The van der Waals surface area contributed by atoms with E-state index in [0.717, 1.165) is 12.0 Å². The van der Waals surface area contributed by atoms with Crippen molar-refractivity contribution in [1.82, 2.24) is 4.57 Å². The monoisotopic (exact) mass is 278 g/mol. The molecule has 98 valence electrons. The van der Waals surface area contributed by atoms with E-state index >= 15 is 0 Å². The quantitative estimate of drug-likeness (QED) is 0.490. The highest BCUT2D eigenvalue weighted by molar-refractivity contribution is 6.30. The molecule has 0 aliphatic carbocycles. The van der Waals surface area contributed by atoms with Crippen molar-refractivity contribution < 1.29 is 9.72 Å². The van der Waals surface area contributed by atoms with Crippen LogP contribution in [-0.2, 0) is 0 Å². The minimum absolute atomic E-state index is 0.0910. The molecule has 6 heteroatoms. The smallest absolute Gasteiger partial charge is 0.294 e. The van der Waals surface area contributed by atoms with Gasteiger partial charge in [0.15, 0.2) is 6.29 Å². The highest BCUT2D eigenvalue weighted by Gasteiger charge is 2.19. The fourth-order valence-electron chi connectivity index (χ4n) is 2.11. The summed E-state index contributed by atoms with van der Waals surface area (Å²) in [5.41, 5.74) is 2.24. The molecule has 0 aliphatic rings. The van der Waals surface area contributed by atoms with Crippen LogP contribution in [-0.4, -0.2) is 15.8 Å². The first kappa shape index (κ1) is 13.3. The summed E-state index contributed by atoms with van der Waals surface area (Å²) in [7, 11) is 0. The summed E-state index contributed by atoms with van der Waals surface area (Å²) in [5, 5.41) is 11.4. The number of carbonyl (C=O) groups excluding carboxylic acids is 1. The van der Waals surface area contributed by atoms with Gasteiger partial charge in [0, 0.05) is 28.0 Å². The Morgan fingerprint density at radius 2 is 2.00 bits per heavy atom. The van der Waals surface area contributed by atoms with Crippen LogP contribution in [0, 0.1) is 24.0 Å². The molecule has 0 saturated heterocycles. The van der Waals surface area contributed by atoms with Crippen molar-refractivity contribution >= 4 is 23.6 Å². The lowest BCUT2D eigenvalue weighted by Gasteiger charge is -2.10. The molecule has 0 unspecified atom stereocenters. The number of aromatic nitrogens is 1. The molecule has 0 fully saturated rings. The third kappa shape index (κ3) is 2.24. The second-order valence-electron chi connectivity index (χ2n) is 4.17. The Bertz CT molecular complexity index is 677. The molecular formula is C13H11ClN2O3. The van der Waals surface area contributed by atoms with Crippen LogP contribution in [0.1, 0.15) is 21.7 Å². The van der Waals surface area contributed by atoms with Gasteiger partial charge < -0.3 is 4.57 Å². The first-order valence-corrected chi connectivity index (χ1v) is 5.92. The Hall–Kier alpha value is -2.14. The van der Waals surface area contributed by atoms with E-state index in [-0.39, 0.29) is 5.69 Å². The normalized spacial score (nSPS) is 10.5. The third-order valence-electron chi connectivity index (χ3n) is 2.97. The number of carbonyl (C=O) groups is 1. The van der Waals surface area contributed by atoms with Crippen LogP contribution in [0.15, 0.2) is 24.3 Å². The van der Waals surface area contributed by atoms with Crippen molar-refractivity contribution in [3.8, 4) is 5.69 Å². The Balaban J connectivity index is 2.75. The number of nitro benzene ring substituents is 1. The lowest BCUT2D eigenvalue weighted by atomic mass is 10.2. The zero-order valence-electron chi connectivity index (χ0n) is 10.4. The molecule has 0 atom stereocenters. The number of benzene rings is 1. The lowest BCUT2D eigenvalue weighted by molar-refractivity contribution is -0.384. The molecule has 0 N–H and O–H groups in total. The summed E-state index contributed by atoms with van der Waals surface area (Å²) in [5.74, 6) is 0. The Labute approximate surface area is 114 Å². The SMILES string of the molecule is Cc1cc(C=O)c(C)n1-c1ccc(Cl)cc1[N+](=O)[O-]. The van der Waals surface area contributed by atoms with Crippen molar-refractivity contribution in [3.05, 3.63) is 56.4 Å². The van der Waals surface area contributed by atoms with Crippen LogP contribution in [0.25, 0.3) is 5.69 Å². The van der Waals surface area contributed by atoms with Crippen LogP contribution in [0.5, 0.6) is 0 Å². The van der Waals surface area contributed by atoms with Crippen molar-refractivity contribution in [2.75, 3.05) is 0 Å². The van der Waals surface area contributed by atoms with Crippen LogP contribution < -0.4 is 0 Å². The molecule has 2 rings (SSSR count). The molecule has 1 aromatic heterocycles. The summed E-state index contributed by atoms with van der Waals surface area (Å²) in [4.78, 5) is 21.6. The van der Waals surface area contributed by atoms with E-state index in [1.165, 1.54) is 6.07 Å². The van der Waals surface area contributed by atoms with Gasteiger partial charge in [0.25, 0.3) is 5.69 Å². The van der Waals surface area contributed by atoms with Crippen molar-refractivity contribution in [3.63, 3.8) is 0 Å². The molecule has 0 bridgehead atoms. The van der Waals surface area contributed by atoms with E-state index in [1.807, 2.05) is 0 Å². The predicted octanol–water partition coefficient (Wildman–Crippen LogP) is 3.47. The van der Waals surface area contributed by atoms with Gasteiger partial charge in [-0.25, -0.2) is 0 Å². The molecule has 0 aliphatic heterocycles. The Morgan fingerprint density at radius 1 is 1.32 bits per heavy atom. The van der Waals surface area contributed by atoms with Crippen molar-refractivity contribution in [2.45, 2.75) is 13.8 Å². The molecule has 1 aromatic carbocycles. The lowest BCUT2D eigenvalue weighted by Crippen LogP contribution is -2.03. The standard InChI is InChI=1S/C13H11ClN2O3/c1-8-5-10(7-17)9(2)15(8)12-4-3-11(14)6-13(12)16(18)19/h3-7H,1-2H3. The van der Waals surface area contributed by atoms with Crippen molar-refractivity contribution in [2.24, 2.45) is 0 Å². The number of nitrogens with zero attached hydrogens (tertiary/aromatic N) is 2. The first-order chi connectivity index (χ1) is 8.95. The first-order valence-electron chi connectivity index (χ1n) is 5.54. The molecule has 1 heterocycles. The largest absolute Gasteiger partial charge is 0.312 e. The fraction of sp³-hybridized carbons (Fsp3) is 0.154. The second-order valence-corrected chi connectivity index (χ2v) is 4.61. The maximum Gasteiger partial charge on any atom is 0.294 e. The number of hydrogen-bond acceptors (Lipinski definition) is 3. The zero-order chi connectivity index (χ0) is 14.2. The fourth-order valence-corrected chi connectivity index (χ4v) is 2.28. The number of nitro groups is 1. The summed E-state index contributed by atoms with van der Waals surface area (Å²) >= 11 is 5.79. The van der Waals surface area contributed by atoms with Gasteiger partial charge >= 0.3 is 0 Å². The topological polar surface area (TPSA) is 65.1 Å². The highest BCUT2D eigenvalue weighted by Crippen LogP contribution is 2.30. The van der Waals surface area contributed by atoms with E-state index in [1.54, 1.807) is 36.6 Å². The average Bonchev–Trinajstić information content (AvgIpc) is 2.64. The summed E-state index contributed by atoms with van der Waals surface area (Å²) in [6.07, 6.45) is 0.737. The minimum Gasteiger partial charge on any atom is -0.312 e. The maximum absolute atomic E-state index is 11.1. The van der Waals surface area contributed by atoms with Crippen LogP contribution in [0.2, 0.25) is 5.02 Å². The summed E-state index contributed by atoms with van der Waals surface area (Å²) < 4.78 is 1.68. The van der Waals surface area contributed by atoms with Gasteiger partial charge in [0.2, 0.25) is 0 Å². The van der Waals surface area contributed by atoms with Crippen LogP contribution in [0.3, 0.4) is 0 Å². The molecule has 5 nitrogen and oxygen atoms in total. The number of hydrogen-bond donors (Lipinski definition) is 0. The molecule has 19 heavy (non-hydrogen) atoms.